The summed E-state index contributed by atoms with van der Waals surface area (Å²) in [5.74, 6) is -1.56. The van der Waals surface area contributed by atoms with E-state index in [1.165, 1.54) is 25.1 Å². The van der Waals surface area contributed by atoms with Crippen LogP contribution in [0.15, 0.2) is 22.7 Å². The molecule has 0 aliphatic rings. The first-order valence-corrected chi connectivity index (χ1v) is 6.81. The molecule has 7 heteroatoms. The molecule has 20 heavy (non-hydrogen) atoms. The molecule has 1 aromatic carbocycles. The molecule has 0 aliphatic heterocycles. The molecule has 5 nitrogen and oxygen atoms in total. The second-order valence-electron chi connectivity index (χ2n) is 4.65. The first-order valence-electron chi connectivity index (χ1n) is 6.02. The van der Waals surface area contributed by atoms with Crippen molar-refractivity contribution in [1.82, 2.24) is 5.32 Å². The molecule has 0 saturated carbocycles. The third-order valence-electron chi connectivity index (χ3n) is 3.11. The summed E-state index contributed by atoms with van der Waals surface area (Å²) in [6.45, 7) is 3.22. The van der Waals surface area contributed by atoms with Crippen LogP contribution in [-0.4, -0.2) is 23.7 Å². The van der Waals surface area contributed by atoms with Crippen LogP contribution in [0.3, 0.4) is 0 Å². The van der Waals surface area contributed by atoms with Gasteiger partial charge in [0.15, 0.2) is 0 Å². The minimum atomic E-state index is -1.05. The predicted molar refractivity (Wildman–Crippen MR) is 77.2 cm³/mol. The quantitative estimate of drug-likeness (QED) is 0.765. The molecule has 0 radical (unpaired) electrons. The van der Waals surface area contributed by atoms with Crippen LogP contribution in [0, 0.1) is 11.2 Å². The molecule has 1 rings (SSSR count). The standard InChI is InChI=1S/C13H16BrFN2O3/c1-3-13(2,11(18)19)7-16-12(20)17-10-6-8(14)4-5-9(10)15/h4-6H,3,7H2,1-2H3,(H,18,19)(H2,16,17,20). The number of nitrogens with one attached hydrogen (secondary N) is 2. The fourth-order valence-corrected chi connectivity index (χ4v) is 1.75. The summed E-state index contributed by atoms with van der Waals surface area (Å²) in [6, 6.07) is 3.50. The number of amides is 2. The second kappa shape index (κ2) is 6.69. The van der Waals surface area contributed by atoms with E-state index in [9.17, 15) is 14.0 Å². The molecule has 1 aromatic rings. The Balaban J connectivity index is 2.65. The van der Waals surface area contributed by atoms with Crippen LogP contribution < -0.4 is 10.6 Å². The number of urea groups is 1. The highest BCUT2D eigenvalue weighted by atomic mass is 79.9. The van der Waals surface area contributed by atoms with Gasteiger partial charge in [0, 0.05) is 11.0 Å². The fourth-order valence-electron chi connectivity index (χ4n) is 1.39. The Labute approximate surface area is 124 Å². The average Bonchev–Trinajstić information content (AvgIpc) is 2.40. The van der Waals surface area contributed by atoms with E-state index in [4.69, 9.17) is 5.11 Å². The first-order chi connectivity index (χ1) is 9.28. The Morgan fingerprint density at radius 1 is 1.45 bits per heavy atom. The lowest BCUT2D eigenvalue weighted by atomic mass is 9.88. The van der Waals surface area contributed by atoms with Crippen molar-refractivity contribution in [3.05, 3.63) is 28.5 Å². The van der Waals surface area contributed by atoms with E-state index >= 15 is 0 Å². The number of hydrogen-bond acceptors (Lipinski definition) is 2. The molecule has 0 aromatic heterocycles. The summed E-state index contributed by atoms with van der Waals surface area (Å²) >= 11 is 3.17. The SMILES string of the molecule is CCC(C)(CNC(=O)Nc1cc(Br)ccc1F)C(=O)O. The summed E-state index contributed by atoms with van der Waals surface area (Å²) in [5.41, 5.74) is -1.03. The van der Waals surface area contributed by atoms with Gasteiger partial charge in [-0.2, -0.15) is 0 Å². The van der Waals surface area contributed by atoms with Gasteiger partial charge in [0.05, 0.1) is 11.1 Å². The molecule has 0 bridgehead atoms. The minimum absolute atomic E-state index is 0.0189. The molecular formula is C13H16BrFN2O3. The summed E-state index contributed by atoms with van der Waals surface area (Å²) in [5, 5.41) is 13.9. The van der Waals surface area contributed by atoms with Crippen molar-refractivity contribution in [2.75, 3.05) is 11.9 Å². The largest absolute Gasteiger partial charge is 0.481 e. The number of anilines is 1. The van der Waals surface area contributed by atoms with Crippen molar-refractivity contribution in [3.63, 3.8) is 0 Å². The van der Waals surface area contributed by atoms with Crippen LogP contribution in [0.5, 0.6) is 0 Å². The number of carbonyl (C=O) groups excluding carboxylic acids is 1. The lowest BCUT2D eigenvalue weighted by Gasteiger charge is -2.23. The van der Waals surface area contributed by atoms with Crippen LogP contribution in [0.1, 0.15) is 20.3 Å². The monoisotopic (exact) mass is 346 g/mol. The molecule has 0 spiro atoms. The first kappa shape index (κ1) is 16.4. The zero-order valence-electron chi connectivity index (χ0n) is 11.2. The maximum absolute atomic E-state index is 13.4. The molecule has 0 fully saturated rings. The molecule has 0 saturated heterocycles. The van der Waals surface area contributed by atoms with Crippen molar-refractivity contribution in [2.24, 2.45) is 5.41 Å². The van der Waals surface area contributed by atoms with Crippen LogP contribution in [0.2, 0.25) is 0 Å². The zero-order valence-corrected chi connectivity index (χ0v) is 12.8. The third kappa shape index (κ3) is 4.19. The highest BCUT2D eigenvalue weighted by molar-refractivity contribution is 9.10. The fraction of sp³-hybridized carbons (Fsp3) is 0.385. The number of hydrogen-bond donors (Lipinski definition) is 3. The topological polar surface area (TPSA) is 78.4 Å². The summed E-state index contributed by atoms with van der Waals surface area (Å²) in [4.78, 5) is 22.7. The molecule has 3 N–H and O–H groups in total. The van der Waals surface area contributed by atoms with Crippen molar-refractivity contribution in [1.29, 1.82) is 0 Å². The van der Waals surface area contributed by atoms with Crippen molar-refractivity contribution >= 4 is 33.6 Å². The van der Waals surface area contributed by atoms with Gasteiger partial charge < -0.3 is 15.7 Å². The number of halogens is 2. The highest BCUT2D eigenvalue weighted by Crippen LogP contribution is 2.21. The summed E-state index contributed by atoms with van der Waals surface area (Å²) in [7, 11) is 0. The van der Waals surface area contributed by atoms with E-state index in [-0.39, 0.29) is 12.2 Å². The molecule has 1 atom stereocenters. The number of benzene rings is 1. The maximum Gasteiger partial charge on any atom is 0.319 e. The van der Waals surface area contributed by atoms with Gasteiger partial charge in [0.25, 0.3) is 0 Å². The van der Waals surface area contributed by atoms with E-state index < -0.39 is 23.2 Å². The Morgan fingerprint density at radius 3 is 2.65 bits per heavy atom. The van der Waals surface area contributed by atoms with E-state index in [1.807, 2.05) is 0 Å². The Hall–Kier alpha value is -1.63. The molecule has 2 amide bonds. The minimum Gasteiger partial charge on any atom is -0.481 e. The number of carboxylic acid groups (broad SMARTS) is 1. The molecule has 1 unspecified atom stereocenters. The Morgan fingerprint density at radius 2 is 2.10 bits per heavy atom. The normalized spacial score (nSPS) is 13.4. The molecule has 0 aliphatic carbocycles. The van der Waals surface area contributed by atoms with Crippen molar-refractivity contribution in [2.45, 2.75) is 20.3 Å². The average molecular weight is 347 g/mol. The van der Waals surface area contributed by atoms with Crippen molar-refractivity contribution in [3.8, 4) is 0 Å². The van der Waals surface area contributed by atoms with Gasteiger partial charge in [-0.3, -0.25) is 4.79 Å². The number of aliphatic carboxylic acids is 1. The van der Waals surface area contributed by atoms with Gasteiger partial charge in [-0.15, -0.1) is 0 Å². The van der Waals surface area contributed by atoms with E-state index in [1.54, 1.807) is 6.92 Å². The molecule has 0 heterocycles. The summed E-state index contributed by atoms with van der Waals surface area (Å²) in [6.07, 6.45) is 0.369. The highest BCUT2D eigenvalue weighted by Gasteiger charge is 2.31. The van der Waals surface area contributed by atoms with E-state index in [2.05, 4.69) is 26.6 Å². The lowest BCUT2D eigenvalue weighted by Crippen LogP contribution is -2.42. The van der Waals surface area contributed by atoms with Crippen LogP contribution >= 0.6 is 15.9 Å². The number of carbonyl (C=O) groups is 2. The summed E-state index contributed by atoms with van der Waals surface area (Å²) < 4.78 is 14.1. The maximum atomic E-state index is 13.4. The molecular weight excluding hydrogens is 331 g/mol. The van der Waals surface area contributed by atoms with Crippen LogP contribution in [0.25, 0.3) is 0 Å². The van der Waals surface area contributed by atoms with Gasteiger partial charge in [0.2, 0.25) is 0 Å². The predicted octanol–water partition coefficient (Wildman–Crippen LogP) is 3.21. The third-order valence-corrected chi connectivity index (χ3v) is 3.61. The van der Waals surface area contributed by atoms with Gasteiger partial charge in [0.1, 0.15) is 5.82 Å². The van der Waals surface area contributed by atoms with Crippen LogP contribution in [0.4, 0.5) is 14.9 Å². The Bertz CT molecular complexity index is 524. The lowest BCUT2D eigenvalue weighted by molar-refractivity contribution is -0.147. The van der Waals surface area contributed by atoms with Gasteiger partial charge in [-0.05, 0) is 31.5 Å². The molecule has 110 valence electrons. The van der Waals surface area contributed by atoms with E-state index in [0.29, 0.717) is 10.9 Å². The number of rotatable bonds is 5. The van der Waals surface area contributed by atoms with Gasteiger partial charge in [-0.1, -0.05) is 22.9 Å². The van der Waals surface area contributed by atoms with E-state index in [0.717, 1.165) is 0 Å². The zero-order chi connectivity index (χ0) is 15.3. The smallest absolute Gasteiger partial charge is 0.319 e. The van der Waals surface area contributed by atoms with Gasteiger partial charge in [-0.25, -0.2) is 9.18 Å². The Kier molecular flexibility index (Phi) is 5.50. The second-order valence-corrected chi connectivity index (χ2v) is 5.57. The van der Waals surface area contributed by atoms with Crippen LogP contribution in [-0.2, 0) is 4.79 Å². The number of carboxylic acids is 1. The van der Waals surface area contributed by atoms with Crippen molar-refractivity contribution < 1.29 is 19.1 Å². The van der Waals surface area contributed by atoms with Gasteiger partial charge >= 0.3 is 12.0 Å².